The van der Waals surface area contributed by atoms with E-state index in [1.54, 1.807) is 5.57 Å². The molecule has 4 aliphatic carbocycles. The average molecular weight is 204 g/mol. The van der Waals surface area contributed by atoms with Gasteiger partial charge in [-0.15, -0.1) is 0 Å². The van der Waals surface area contributed by atoms with Crippen molar-refractivity contribution in [1.29, 1.82) is 0 Å². The third-order valence-electron chi connectivity index (χ3n) is 6.16. The second kappa shape index (κ2) is 2.70. The maximum Gasteiger partial charge on any atom is -0.00562 e. The molecule has 0 amide bonds. The van der Waals surface area contributed by atoms with Gasteiger partial charge in [-0.25, -0.2) is 0 Å². The van der Waals surface area contributed by atoms with Crippen molar-refractivity contribution in [2.75, 3.05) is 0 Å². The first-order valence-corrected chi connectivity index (χ1v) is 6.68. The summed E-state index contributed by atoms with van der Waals surface area (Å²) in [7, 11) is 0. The van der Waals surface area contributed by atoms with Gasteiger partial charge in [-0.1, -0.05) is 32.4 Å². The lowest BCUT2D eigenvalue weighted by atomic mass is 9.46. The van der Waals surface area contributed by atoms with Gasteiger partial charge >= 0.3 is 0 Å². The molecular formula is C15H24. The van der Waals surface area contributed by atoms with E-state index >= 15 is 0 Å². The van der Waals surface area contributed by atoms with Crippen LogP contribution in [0.25, 0.3) is 0 Å². The Bertz CT molecular complexity index is 323. The van der Waals surface area contributed by atoms with Gasteiger partial charge in [0.05, 0.1) is 0 Å². The topological polar surface area (TPSA) is 0 Å². The number of allylic oxidation sites excluding steroid dienone is 2. The molecule has 1 spiro atoms. The Hall–Kier alpha value is -0.260. The van der Waals surface area contributed by atoms with Gasteiger partial charge in [0.15, 0.2) is 0 Å². The van der Waals surface area contributed by atoms with Crippen LogP contribution in [0.2, 0.25) is 0 Å². The third-order valence-corrected chi connectivity index (χ3v) is 6.16. The van der Waals surface area contributed by atoms with Gasteiger partial charge in [-0.05, 0) is 61.2 Å². The van der Waals surface area contributed by atoms with Crippen LogP contribution >= 0.6 is 0 Å². The molecule has 0 aromatic rings. The lowest BCUT2D eigenvalue weighted by Gasteiger charge is -2.58. The highest BCUT2D eigenvalue weighted by Crippen LogP contribution is 2.68. The van der Waals surface area contributed by atoms with Crippen molar-refractivity contribution in [3.8, 4) is 0 Å². The smallest absolute Gasteiger partial charge is 0.00562 e. The predicted octanol–water partition coefficient (Wildman–Crippen LogP) is 4.42. The minimum Gasteiger partial charge on any atom is -0.0785 e. The summed E-state index contributed by atoms with van der Waals surface area (Å²) in [5.41, 5.74) is 2.88. The summed E-state index contributed by atoms with van der Waals surface area (Å²) in [4.78, 5) is 0. The fraction of sp³-hybridized carbons (Fsp3) is 0.867. The molecule has 0 N–H and O–H groups in total. The van der Waals surface area contributed by atoms with E-state index in [4.69, 9.17) is 0 Å². The van der Waals surface area contributed by atoms with Gasteiger partial charge in [0.1, 0.15) is 0 Å². The van der Waals surface area contributed by atoms with E-state index in [1.165, 1.54) is 25.7 Å². The van der Waals surface area contributed by atoms with E-state index < -0.39 is 0 Å². The molecule has 0 heterocycles. The van der Waals surface area contributed by atoms with Gasteiger partial charge in [0, 0.05) is 0 Å². The summed E-state index contributed by atoms with van der Waals surface area (Å²) < 4.78 is 0. The van der Waals surface area contributed by atoms with Crippen LogP contribution in [0.4, 0.5) is 0 Å². The molecule has 0 saturated heterocycles. The van der Waals surface area contributed by atoms with E-state index in [9.17, 15) is 0 Å². The summed E-state index contributed by atoms with van der Waals surface area (Å²) >= 11 is 0. The zero-order chi connectivity index (χ0) is 10.8. The van der Waals surface area contributed by atoms with E-state index in [-0.39, 0.29) is 0 Å². The van der Waals surface area contributed by atoms with Crippen molar-refractivity contribution in [1.82, 2.24) is 0 Å². The monoisotopic (exact) mass is 204 g/mol. The lowest BCUT2D eigenvalue weighted by molar-refractivity contribution is -0.0273. The number of rotatable bonds is 0. The molecular weight excluding hydrogens is 180 g/mol. The molecule has 2 bridgehead atoms. The summed E-state index contributed by atoms with van der Waals surface area (Å²) in [6.07, 6.45) is 8.56. The third kappa shape index (κ3) is 0.990. The molecule has 0 radical (unpaired) electrons. The predicted molar refractivity (Wildman–Crippen MR) is 64.6 cm³/mol. The second-order valence-electron chi connectivity index (χ2n) is 6.94. The highest BCUT2D eigenvalue weighted by atomic mass is 14.6. The van der Waals surface area contributed by atoms with Crippen LogP contribution in [0.3, 0.4) is 0 Å². The van der Waals surface area contributed by atoms with E-state index in [0.29, 0.717) is 10.8 Å². The van der Waals surface area contributed by atoms with E-state index in [2.05, 4.69) is 33.8 Å². The molecule has 4 atom stereocenters. The maximum absolute atomic E-state index is 2.69. The van der Waals surface area contributed by atoms with Crippen LogP contribution in [0, 0.1) is 28.6 Å². The highest BCUT2D eigenvalue weighted by molar-refractivity contribution is 5.28. The Balaban J connectivity index is 2.16. The van der Waals surface area contributed by atoms with Crippen LogP contribution in [0.1, 0.15) is 53.4 Å². The lowest BCUT2D eigenvalue weighted by Crippen LogP contribution is -2.50. The first kappa shape index (κ1) is 9.93. The van der Waals surface area contributed by atoms with Crippen molar-refractivity contribution in [3.63, 3.8) is 0 Å². The van der Waals surface area contributed by atoms with Crippen molar-refractivity contribution in [2.45, 2.75) is 53.4 Å². The molecule has 0 aromatic carbocycles. The SMILES string of the molecule is CC1=C[C@@]23CC[C@@H]1C(C)(C)C2CC[C@H]3C. The standard InChI is InChI=1S/C15H24/c1-10-9-15-8-7-12(10)14(3,4)13(15)6-5-11(15)2/h9,11-13H,5-8H2,1-4H3/t11-,12+,13?,15-/m1/s1. The van der Waals surface area contributed by atoms with Crippen molar-refractivity contribution < 1.29 is 0 Å². The van der Waals surface area contributed by atoms with Crippen LogP contribution in [0.5, 0.6) is 0 Å². The Morgan fingerprint density at radius 1 is 1.20 bits per heavy atom. The molecule has 0 aliphatic heterocycles. The van der Waals surface area contributed by atoms with Crippen LogP contribution < -0.4 is 0 Å². The minimum atomic E-state index is 0.571. The maximum atomic E-state index is 2.69. The first-order valence-electron chi connectivity index (χ1n) is 6.68. The largest absolute Gasteiger partial charge is 0.0785 e. The van der Waals surface area contributed by atoms with Gasteiger partial charge in [0.2, 0.25) is 0 Å². The van der Waals surface area contributed by atoms with E-state index in [0.717, 1.165) is 17.8 Å². The molecule has 0 nitrogen and oxygen atoms in total. The quantitative estimate of drug-likeness (QED) is 0.513. The van der Waals surface area contributed by atoms with Crippen molar-refractivity contribution >= 4 is 0 Å². The summed E-state index contributed by atoms with van der Waals surface area (Å²) in [6, 6.07) is 0. The molecule has 2 saturated carbocycles. The first-order chi connectivity index (χ1) is 6.98. The van der Waals surface area contributed by atoms with Crippen LogP contribution in [0.15, 0.2) is 11.6 Å². The average Bonchev–Trinajstić information content (AvgIpc) is 2.45. The van der Waals surface area contributed by atoms with Gasteiger partial charge in [-0.3, -0.25) is 0 Å². The Labute approximate surface area is 94.1 Å². The molecule has 0 heteroatoms. The number of hydrogen-bond donors (Lipinski definition) is 0. The molecule has 4 rings (SSSR count). The molecule has 0 aromatic heterocycles. The van der Waals surface area contributed by atoms with Gasteiger partial charge in [0.25, 0.3) is 0 Å². The zero-order valence-corrected chi connectivity index (χ0v) is 10.6. The summed E-state index contributed by atoms with van der Waals surface area (Å²) in [5.74, 6) is 2.79. The number of hydrogen-bond acceptors (Lipinski definition) is 0. The van der Waals surface area contributed by atoms with Crippen molar-refractivity contribution in [2.24, 2.45) is 28.6 Å². The normalized spacial score (nSPS) is 51.5. The molecule has 1 unspecified atom stereocenters. The van der Waals surface area contributed by atoms with Gasteiger partial charge in [-0.2, -0.15) is 0 Å². The van der Waals surface area contributed by atoms with E-state index in [1.807, 2.05) is 0 Å². The van der Waals surface area contributed by atoms with Crippen LogP contribution in [-0.2, 0) is 0 Å². The minimum absolute atomic E-state index is 0.571. The zero-order valence-electron chi connectivity index (χ0n) is 10.6. The molecule has 2 fully saturated rings. The second-order valence-corrected chi connectivity index (χ2v) is 6.94. The van der Waals surface area contributed by atoms with Crippen LogP contribution in [-0.4, -0.2) is 0 Å². The fourth-order valence-electron chi connectivity index (χ4n) is 5.45. The molecule has 15 heavy (non-hydrogen) atoms. The van der Waals surface area contributed by atoms with Gasteiger partial charge < -0.3 is 0 Å². The summed E-state index contributed by atoms with van der Waals surface area (Å²) in [6.45, 7) is 9.94. The fourth-order valence-corrected chi connectivity index (χ4v) is 5.45. The Morgan fingerprint density at radius 3 is 2.60 bits per heavy atom. The Kier molecular flexibility index (Phi) is 1.79. The highest BCUT2D eigenvalue weighted by Gasteiger charge is 2.60. The summed E-state index contributed by atoms with van der Waals surface area (Å²) in [5, 5.41) is 0. The number of fused-ring (bicyclic) bond motifs is 1. The molecule has 84 valence electrons. The van der Waals surface area contributed by atoms with Crippen molar-refractivity contribution in [3.05, 3.63) is 11.6 Å². The Morgan fingerprint density at radius 2 is 1.93 bits per heavy atom. The molecule has 4 aliphatic rings.